The minimum absolute atomic E-state index is 0.136. The second-order valence-electron chi connectivity index (χ2n) is 6.55. The molecule has 0 radical (unpaired) electrons. The summed E-state index contributed by atoms with van der Waals surface area (Å²) in [6.45, 7) is 2.05. The van der Waals surface area contributed by atoms with E-state index in [9.17, 15) is 4.79 Å². The van der Waals surface area contributed by atoms with Crippen LogP contribution in [0, 0.1) is 6.92 Å². The Morgan fingerprint density at radius 2 is 2.00 bits per heavy atom. The van der Waals surface area contributed by atoms with Crippen LogP contribution in [0.15, 0.2) is 48.7 Å². The molecule has 1 aliphatic rings. The van der Waals surface area contributed by atoms with Gasteiger partial charge in [0.1, 0.15) is 5.82 Å². The van der Waals surface area contributed by atoms with Crippen molar-refractivity contribution in [1.82, 2.24) is 14.8 Å². The van der Waals surface area contributed by atoms with Gasteiger partial charge in [0.15, 0.2) is 0 Å². The van der Waals surface area contributed by atoms with E-state index in [4.69, 9.17) is 0 Å². The van der Waals surface area contributed by atoms with Gasteiger partial charge in [-0.2, -0.15) is 5.10 Å². The number of amides is 1. The van der Waals surface area contributed by atoms with Crippen molar-refractivity contribution < 1.29 is 4.79 Å². The molecule has 1 fully saturated rings. The molecule has 0 aliphatic heterocycles. The van der Waals surface area contributed by atoms with Crippen molar-refractivity contribution in [1.29, 1.82) is 0 Å². The zero-order valence-electron chi connectivity index (χ0n) is 14.4. The quantitative estimate of drug-likeness (QED) is 0.788. The number of aromatic nitrogens is 3. The van der Waals surface area contributed by atoms with Gasteiger partial charge in [0.25, 0.3) is 5.91 Å². The molecule has 1 N–H and O–H groups in total. The fourth-order valence-electron chi connectivity index (χ4n) is 2.96. The van der Waals surface area contributed by atoms with Gasteiger partial charge in [-0.15, -0.1) is 0 Å². The second kappa shape index (κ2) is 6.16. The van der Waals surface area contributed by atoms with Crippen LogP contribution in [0.3, 0.4) is 0 Å². The van der Waals surface area contributed by atoms with E-state index in [1.165, 1.54) is 12.8 Å². The summed E-state index contributed by atoms with van der Waals surface area (Å²) in [5.41, 5.74) is 4.72. The topological polar surface area (TPSA) is 59.8 Å². The fraction of sp³-hybridized carbons (Fsp3) is 0.250. The van der Waals surface area contributed by atoms with Crippen molar-refractivity contribution >= 4 is 11.7 Å². The lowest BCUT2D eigenvalue weighted by Gasteiger charge is -2.06. The van der Waals surface area contributed by atoms with Crippen LogP contribution in [0.4, 0.5) is 5.82 Å². The molecule has 0 unspecified atom stereocenters. The third-order valence-electron chi connectivity index (χ3n) is 4.58. The number of aryl methyl sites for hydroxylation is 2. The van der Waals surface area contributed by atoms with Gasteiger partial charge in [0.2, 0.25) is 0 Å². The lowest BCUT2D eigenvalue weighted by Crippen LogP contribution is -2.15. The summed E-state index contributed by atoms with van der Waals surface area (Å²) >= 11 is 0. The van der Waals surface area contributed by atoms with Crippen LogP contribution >= 0.6 is 0 Å². The fourth-order valence-corrected chi connectivity index (χ4v) is 2.96. The molecule has 2 heterocycles. The maximum atomic E-state index is 12.6. The first-order valence-electron chi connectivity index (χ1n) is 8.49. The molecule has 1 aliphatic carbocycles. The highest BCUT2D eigenvalue weighted by atomic mass is 16.1. The van der Waals surface area contributed by atoms with Crippen LogP contribution in [0.1, 0.15) is 40.4 Å². The number of nitrogens with zero attached hydrogens (tertiary/aromatic N) is 3. The maximum absolute atomic E-state index is 12.6. The first-order chi connectivity index (χ1) is 12.1. The first kappa shape index (κ1) is 15.6. The Morgan fingerprint density at radius 3 is 2.76 bits per heavy atom. The van der Waals surface area contributed by atoms with E-state index in [-0.39, 0.29) is 5.91 Å². The Hall–Kier alpha value is -2.95. The number of anilines is 1. The monoisotopic (exact) mass is 332 g/mol. The summed E-state index contributed by atoms with van der Waals surface area (Å²) in [4.78, 5) is 17.0. The van der Waals surface area contributed by atoms with E-state index in [0.717, 1.165) is 22.5 Å². The Labute approximate surface area is 146 Å². The minimum atomic E-state index is -0.136. The molecular formula is C20H20N4O. The lowest BCUT2D eigenvalue weighted by molar-refractivity contribution is 0.102. The SMILES string of the molecule is Cc1ccccc1-c1cc(NC(=O)c2ccnc(C3CC3)c2)n(C)n1. The van der Waals surface area contributed by atoms with E-state index in [1.54, 1.807) is 16.9 Å². The van der Waals surface area contributed by atoms with E-state index < -0.39 is 0 Å². The maximum Gasteiger partial charge on any atom is 0.256 e. The summed E-state index contributed by atoms with van der Waals surface area (Å²) in [6, 6.07) is 13.6. The molecule has 126 valence electrons. The van der Waals surface area contributed by atoms with Gasteiger partial charge in [-0.1, -0.05) is 24.3 Å². The molecule has 2 aromatic heterocycles. The van der Waals surface area contributed by atoms with Gasteiger partial charge in [-0.3, -0.25) is 14.5 Å². The Kier molecular flexibility index (Phi) is 3.84. The Morgan fingerprint density at radius 1 is 1.20 bits per heavy atom. The summed E-state index contributed by atoms with van der Waals surface area (Å²) < 4.78 is 1.70. The molecule has 0 bridgehead atoms. The predicted molar refractivity (Wildman–Crippen MR) is 97.5 cm³/mol. The van der Waals surface area contributed by atoms with E-state index in [2.05, 4.69) is 28.4 Å². The first-order valence-corrected chi connectivity index (χ1v) is 8.49. The molecular weight excluding hydrogens is 312 g/mol. The van der Waals surface area contributed by atoms with Crippen LogP contribution in [0.25, 0.3) is 11.3 Å². The number of nitrogens with one attached hydrogen (secondary N) is 1. The van der Waals surface area contributed by atoms with Crippen LogP contribution < -0.4 is 5.32 Å². The van der Waals surface area contributed by atoms with Gasteiger partial charge in [-0.25, -0.2) is 0 Å². The third-order valence-corrected chi connectivity index (χ3v) is 4.58. The highest BCUT2D eigenvalue weighted by Crippen LogP contribution is 2.39. The number of carbonyl (C=O) groups excluding carboxylic acids is 1. The molecule has 0 saturated heterocycles. The number of carbonyl (C=O) groups is 1. The third kappa shape index (κ3) is 3.18. The van der Waals surface area contributed by atoms with E-state index >= 15 is 0 Å². The molecule has 4 rings (SSSR count). The second-order valence-corrected chi connectivity index (χ2v) is 6.55. The number of pyridine rings is 1. The summed E-state index contributed by atoms with van der Waals surface area (Å²) in [6.07, 6.45) is 4.05. The van der Waals surface area contributed by atoms with Gasteiger partial charge in [0.05, 0.1) is 5.69 Å². The number of rotatable bonds is 4. The van der Waals surface area contributed by atoms with Crippen LogP contribution in [-0.2, 0) is 7.05 Å². The molecule has 3 aromatic rings. The summed E-state index contributed by atoms with van der Waals surface area (Å²) in [5.74, 6) is 1.06. The normalized spacial score (nSPS) is 13.7. The summed E-state index contributed by atoms with van der Waals surface area (Å²) in [7, 11) is 1.83. The zero-order chi connectivity index (χ0) is 17.4. The Bertz CT molecular complexity index is 940. The molecule has 1 saturated carbocycles. The van der Waals surface area contributed by atoms with Crippen LogP contribution in [-0.4, -0.2) is 20.7 Å². The standard InChI is InChI=1S/C20H20N4O/c1-13-5-3-4-6-16(13)18-12-19(24(2)23-18)22-20(25)15-9-10-21-17(11-15)14-7-8-14/h3-6,9-12,14H,7-8H2,1-2H3,(H,22,25). The van der Waals surface area contributed by atoms with Crippen molar-refractivity contribution in [2.75, 3.05) is 5.32 Å². The Balaban J connectivity index is 1.58. The van der Waals surface area contributed by atoms with E-state index in [0.29, 0.717) is 17.3 Å². The van der Waals surface area contributed by atoms with Crippen molar-refractivity contribution in [3.8, 4) is 11.3 Å². The minimum Gasteiger partial charge on any atom is -0.307 e. The lowest BCUT2D eigenvalue weighted by atomic mass is 10.1. The summed E-state index contributed by atoms with van der Waals surface area (Å²) in [5, 5.41) is 7.49. The highest BCUT2D eigenvalue weighted by molar-refractivity contribution is 6.04. The van der Waals surface area contributed by atoms with Crippen LogP contribution in [0.5, 0.6) is 0 Å². The average Bonchev–Trinajstić information content (AvgIpc) is 3.40. The van der Waals surface area contributed by atoms with Gasteiger partial charge in [0, 0.05) is 42.0 Å². The van der Waals surface area contributed by atoms with Gasteiger partial charge >= 0.3 is 0 Å². The molecule has 5 heteroatoms. The number of hydrogen-bond donors (Lipinski definition) is 1. The number of benzene rings is 1. The largest absolute Gasteiger partial charge is 0.307 e. The predicted octanol–water partition coefficient (Wildman–Crippen LogP) is 3.92. The van der Waals surface area contributed by atoms with Gasteiger partial charge < -0.3 is 5.32 Å². The van der Waals surface area contributed by atoms with Crippen molar-refractivity contribution in [3.63, 3.8) is 0 Å². The van der Waals surface area contributed by atoms with Crippen LogP contribution in [0.2, 0.25) is 0 Å². The van der Waals surface area contributed by atoms with Crippen molar-refractivity contribution in [2.24, 2.45) is 7.05 Å². The smallest absolute Gasteiger partial charge is 0.256 e. The molecule has 1 amide bonds. The molecule has 0 spiro atoms. The number of hydrogen-bond acceptors (Lipinski definition) is 3. The van der Waals surface area contributed by atoms with Gasteiger partial charge in [-0.05, 0) is 37.5 Å². The van der Waals surface area contributed by atoms with E-state index in [1.807, 2.05) is 37.4 Å². The molecule has 25 heavy (non-hydrogen) atoms. The molecule has 0 atom stereocenters. The average molecular weight is 332 g/mol. The molecule has 5 nitrogen and oxygen atoms in total. The molecule has 1 aromatic carbocycles. The zero-order valence-corrected chi connectivity index (χ0v) is 14.4. The van der Waals surface area contributed by atoms with Crippen molar-refractivity contribution in [2.45, 2.75) is 25.7 Å². The highest BCUT2D eigenvalue weighted by Gasteiger charge is 2.25. The van der Waals surface area contributed by atoms with Crippen molar-refractivity contribution in [3.05, 3.63) is 65.5 Å².